The lowest BCUT2D eigenvalue weighted by atomic mass is 10.1. The van der Waals surface area contributed by atoms with Crippen molar-refractivity contribution in [2.75, 3.05) is 32.9 Å². The Morgan fingerprint density at radius 3 is 2.21 bits per heavy atom. The number of hydrogen-bond acceptors (Lipinski definition) is 6. The number of esters is 1. The van der Waals surface area contributed by atoms with Crippen molar-refractivity contribution in [2.24, 2.45) is 0 Å². The molecule has 1 atom stereocenters. The van der Waals surface area contributed by atoms with Crippen LogP contribution in [0.4, 0.5) is 4.79 Å². The zero-order chi connectivity index (χ0) is 24.5. The second-order valence-electron chi connectivity index (χ2n) is 8.23. The van der Waals surface area contributed by atoms with Gasteiger partial charge in [0.05, 0.1) is 19.3 Å². The second kappa shape index (κ2) is 17.2. The fraction of sp³-hybridized carbons (Fsp3) is 0.692. The molecule has 188 valence electrons. The monoisotopic (exact) mass is 465 g/mol. The van der Waals surface area contributed by atoms with Gasteiger partial charge in [-0.1, -0.05) is 44.7 Å². The number of benzene rings is 1. The summed E-state index contributed by atoms with van der Waals surface area (Å²) in [5.41, 5.74) is 0.961. The van der Waals surface area contributed by atoms with E-state index in [-0.39, 0.29) is 18.2 Å². The minimum atomic E-state index is -0.612. The molecule has 0 heterocycles. The average Bonchev–Trinajstić information content (AvgIpc) is 2.78. The summed E-state index contributed by atoms with van der Waals surface area (Å²) in [6.45, 7) is 11.8. The zero-order valence-corrected chi connectivity index (χ0v) is 21.1. The van der Waals surface area contributed by atoms with Crippen LogP contribution >= 0.6 is 0 Å². The quantitative estimate of drug-likeness (QED) is 0.227. The number of unbranched alkanes of at least 4 members (excludes halogenated alkanes) is 4. The highest BCUT2D eigenvalue weighted by molar-refractivity contribution is 5.75. The van der Waals surface area contributed by atoms with Crippen molar-refractivity contribution >= 4 is 12.1 Å². The van der Waals surface area contributed by atoms with Gasteiger partial charge < -0.3 is 23.8 Å². The molecule has 0 saturated carbocycles. The Morgan fingerprint density at radius 1 is 0.909 bits per heavy atom. The molecular formula is C26H43NO6. The molecule has 0 N–H and O–H groups in total. The van der Waals surface area contributed by atoms with Crippen LogP contribution in [0, 0.1) is 0 Å². The molecule has 0 radical (unpaired) electrons. The molecule has 7 nitrogen and oxygen atoms in total. The van der Waals surface area contributed by atoms with Gasteiger partial charge in [0.1, 0.15) is 12.4 Å². The third kappa shape index (κ3) is 12.5. The minimum absolute atomic E-state index is 0.149. The van der Waals surface area contributed by atoms with E-state index >= 15 is 0 Å². The third-order valence-corrected chi connectivity index (χ3v) is 5.02. The maximum atomic E-state index is 12.4. The Bertz CT molecular complexity index is 661. The lowest BCUT2D eigenvalue weighted by Gasteiger charge is -2.23. The van der Waals surface area contributed by atoms with Gasteiger partial charge in [0, 0.05) is 19.6 Å². The molecular weight excluding hydrogens is 422 g/mol. The lowest BCUT2D eigenvalue weighted by Crippen LogP contribution is -2.37. The van der Waals surface area contributed by atoms with Crippen molar-refractivity contribution in [3.8, 4) is 5.75 Å². The van der Waals surface area contributed by atoms with Gasteiger partial charge in [-0.3, -0.25) is 0 Å². The molecule has 7 heteroatoms. The van der Waals surface area contributed by atoms with Crippen LogP contribution in [0.2, 0.25) is 0 Å². The van der Waals surface area contributed by atoms with Crippen LogP contribution in [0.5, 0.6) is 5.75 Å². The fourth-order valence-electron chi connectivity index (χ4n) is 3.33. The minimum Gasteiger partial charge on any atom is -0.492 e. The topological polar surface area (TPSA) is 74.3 Å². The summed E-state index contributed by atoms with van der Waals surface area (Å²) in [5, 5.41) is 0. The van der Waals surface area contributed by atoms with Gasteiger partial charge in [0.15, 0.2) is 6.10 Å². The van der Waals surface area contributed by atoms with E-state index in [2.05, 4.69) is 6.92 Å². The van der Waals surface area contributed by atoms with Gasteiger partial charge in [0.2, 0.25) is 0 Å². The van der Waals surface area contributed by atoms with Crippen LogP contribution in [0.1, 0.15) is 72.3 Å². The first-order valence-corrected chi connectivity index (χ1v) is 12.4. The summed E-state index contributed by atoms with van der Waals surface area (Å²) in [4.78, 5) is 26.2. The van der Waals surface area contributed by atoms with Crippen LogP contribution in [0.25, 0.3) is 0 Å². The molecule has 0 aliphatic carbocycles. The largest absolute Gasteiger partial charge is 0.492 e. The van der Waals surface area contributed by atoms with Crippen molar-refractivity contribution in [1.82, 2.24) is 4.90 Å². The average molecular weight is 466 g/mol. The smallest absolute Gasteiger partial charge is 0.410 e. The number of ether oxygens (including phenoxy) is 4. The predicted octanol–water partition coefficient (Wildman–Crippen LogP) is 5.39. The summed E-state index contributed by atoms with van der Waals surface area (Å²) in [6.07, 6.45) is 5.07. The molecule has 0 spiro atoms. The first-order chi connectivity index (χ1) is 15.9. The molecule has 0 aromatic heterocycles. The molecule has 0 fully saturated rings. The Hall–Kier alpha value is -2.28. The third-order valence-electron chi connectivity index (χ3n) is 5.02. The van der Waals surface area contributed by atoms with Crippen molar-refractivity contribution < 1.29 is 28.5 Å². The summed E-state index contributed by atoms with van der Waals surface area (Å²) in [6, 6.07) is 7.56. The number of carbonyl (C=O) groups excluding carboxylic acids is 2. The van der Waals surface area contributed by atoms with E-state index in [0.29, 0.717) is 45.1 Å². The van der Waals surface area contributed by atoms with E-state index in [0.717, 1.165) is 18.4 Å². The highest BCUT2D eigenvalue weighted by Gasteiger charge is 2.20. The Kier molecular flexibility index (Phi) is 15.0. The molecule has 1 rings (SSSR count). The van der Waals surface area contributed by atoms with Gasteiger partial charge in [-0.05, 0) is 51.8 Å². The van der Waals surface area contributed by atoms with Crippen molar-refractivity contribution in [3.05, 3.63) is 29.8 Å². The summed E-state index contributed by atoms with van der Waals surface area (Å²) >= 11 is 0. The number of nitrogens with zero attached hydrogens (tertiary/aromatic N) is 1. The molecule has 1 amide bonds. The second-order valence-corrected chi connectivity index (χ2v) is 8.23. The van der Waals surface area contributed by atoms with E-state index in [1.165, 1.54) is 19.3 Å². The van der Waals surface area contributed by atoms with E-state index < -0.39 is 6.10 Å². The van der Waals surface area contributed by atoms with Gasteiger partial charge in [-0.25, -0.2) is 9.59 Å². The van der Waals surface area contributed by atoms with Gasteiger partial charge in [-0.2, -0.15) is 0 Å². The van der Waals surface area contributed by atoms with Crippen LogP contribution < -0.4 is 4.74 Å². The Morgan fingerprint density at radius 2 is 1.61 bits per heavy atom. The maximum Gasteiger partial charge on any atom is 0.410 e. The van der Waals surface area contributed by atoms with Crippen molar-refractivity contribution in [1.29, 1.82) is 0 Å². The summed E-state index contributed by atoms with van der Waals surface area (Å²) in [7, 11) is 0. The molecule has 0 saturated heterocycles. The van der Waals surface area contributed by atoms with Gasteiger partial charge >= 0.3 is 12.1 Å². The van der Waals surface area contributed by atoms with Gasteiger partial charge in [0.25, 0.3) is 0 Å². The van der Waals surface area contributed by atoms with Crippen molar-refractivity contribution in [2.45, 2.75) is 85.4 Å². The van der Waals surface area contributed by atoms with E-state index in [4.69, 9.17) is 18.9 Å². The molecule has 1 unspecified atom stereocenters. The fourth-order valence-corrected chi connectivity index (χ4v) is 3.33. The highest BCUT2D eigenvalue weighted by atomic mass is 16.6. The number of carbonyl (C=O) groups is 2. The van der Waals surface area contributed by atoms with E-state index in [1.54, 1.807) is 11.8 Å². The first-order valence-electron chi connectivity index (χ1n) is 12.4. The SMILES string of the molecule is CCCCCCCN(CCOc1ccc(CC(OCC)C(=O)OCC)cc1)C(=O)OC(C)C. The standard InChI is InChI=1S/C26H43NO6/c1-6-9-10-11-12-17-27(26(29)33-21(4)5)18-19-32-23-15-13-22(14-16-23)20-24(30-7-2)25(28)31-8-3/h13-16,21,24H,6-12,17-20H2,1-5H3. The molecule has 0 bridgehead atoms. The normalized spacial score (nSPS) is 11.8. The maximum absolute atomic E-state index is 12.4. The van der Waals surface area contributed by atoms with E-state index in [9.17, 15) is 9.59 Å². The molecule has 1 aromatic carbocycles. The number of amides is 1. The van der Waals surface area contributed by atoms with Crippen LogP contribution in [0.15, 0.2) is 24.3 Å². The predicted molar refractivity (Wildman–Crippen MR) is 130 cm³/mol. The van der Waals surface area contributed by atoms with Crippen LogP contribution in [-0.2, 0) is 25.4 Å². The molecule has 33 heavy (non-hydrogen) atoms. The molecule has 0 aliphatic heterocycles. The van der Waals surface area contributed by atoms with Crippen molar-refractivity contribution in [3.63, 3.8) is 0 Å². The molecule has 1 aromatic rings. The Balaban J connectivity index is 2.56. The summed E-state index contributed by atoms with van der Waals surface area (Å²) in [5.74, 6) is 0.366. The number of rotatable bonds is 17. The summed E-state index contributed by atoms with van der Waals surface area (Å²) < 4.78 is 21.9. The van der Waals surface area contributed by atoms with E-state index in [1.807, 2.05) is 45.0 Å². The van der Waals surface area contributed by atoms with Crippen LogP contribution in [-0.4, -0.2) is 62.1 Å². The first kappa shape index (κ1) is 28.8. The highest BCUT2D eigenvalue weighted by Crippen LogP contribution is 2.15. The van der Waals surface area contributed by atoms with Crippen LogP contribution in [0.3, 0.4) is 0 Å². The Labute approximate surface area is 199 Å². The lowest BCUT2D eigenvalue weighted by molar-refractivity contribution is -0.156. The van der Waals surface area contributed by atoms with Gasteiger partial charge in [-0.15, -0.1) is 0 Å². The zero-order valence-electron chi connectivity index (χ0n) is 21.1. The molecule has 0 aliphatic rings. The number of hydrogen-bond donors (Lipinski definition) is 0.